The third kappa shape index (κ3) is 3.07. The zero-order chi connectivity index (χ0) is 14.0. The van der Waals surface area contributed by atoms with Gasteiger partial charge in [0, 0.05) is 25.2 Å². The molecule has 0 radical (unpaired) electrons. The van der Waals surface area contributed by atoms with Crippen molar-refractivity contribution in [2.24, 2.45) is 0 Å². The van der Waals surface area contributed by atoms with Crippen LogP contribution in [-0.4, -0.2) is 33.8 Å². The van der Waals surface area contributed by atoms with Gasteiger partial charge in [-0.15, -0.1) is 0 Å². The predicted molar refractivity (Wildman–Crippen MR) is 66.4 cm³/mol. The molecule has 1 N–H and O–H groups in total. The van der Waals surface area contributed by atoms with Crippen LogP contribution in [-0.2, 0) is 16.1 Å². The summed E-state index contributed by atoms with van der Waals surface area (Å²) in [6, 6.07) is 0.567. The van der Waals surface area contributed by atoms with Crippen LogP contribution in [0.25, 0.3) is 0 Å². The van der Waals surface area contributed by atoms with E-state index in [1.165, 1.54) is 12.3 Å². The highest BCUT2D eigenvalue weighted by molar-refractivity contribution is 5.90. The molecular weight excluding hydrogens is 249 g/mol. The monoisotopic (exact) mass is 265 g/mol. The molecule has 2 rings (SSSR count). The lowest BCUT2D eigenvalue weighted by molar-refractivity contribution is -0.135. The first-order valence-electron chi connectivity index (χ1n) is 6.16. The summed E-state index contributed by atoms with van der Waals surface area (Å²) in [6.45, 7) is 3.71. The molecule has 1 aliphatic rings. The minimum atomic E-state index is -0.557. The van der Waals surface area contributed by atoms with Crippen LogP contribution < -0.4 is 5.32 Å². The Morgan fingerprint density at radius 2 is 2.16 bits per heavy atom. The number of hydrogen-bond acceptors (Lipinski definition) is 3. The maximum Gasteiger partial charge on any atom is 0.245 e. The molecule has 19 heavy (non-hydrogen) atoms. The summed E-state index contributed by atoms with van der Waals surface area (Å²) in [5.41, 5.74) is 0.613. The fourth-order valence-corrected chi connectivity index (χ4v) is 2.18. The molecule has 1 aliphatic heterocycles. The Balaban J connectivity index is 2.21. The van der Waals surface area contributed by atoms with Crippen LogP contribution in [0.15, 0.2) is 18.5 Å². The molecule has 2 heterocycles. The van der Waals surface area contributed by atoms with Crippen molar-refractivity contribution in [2.45, 2.75) is 38.9 Å². The van der Waals surface area contributed by atoms with Gasteiger partial charge in [-0.2, -0.15) is 0 Å². The van der Waals surface area contributed by atoms with Gasteiger partial charge >= 0.3 is 0 Å². The minimum absolute atomic E-state index is 0.145. The number of carbonyl (C=O) groups is 2. The standard InChI is InChI=1S/C13H16FN3O2/c1-8-3-12(18)16-9(2)13(19)17(8)7-10-4-11(14)6-15-5-10/h4-6,8-9H,3,7H2,1-2H3,(H,16,18). The van der Waals surface area contributed by atoms with Crippen LogP contribution in [0.4, 0.5) is 4.39 Å². The summed E-state index contributed by atoms with van der Waals surface area (Å²) >= 11 is 0. The molecule has 0 bridgehead atoms. The van der Waals surface area contributed by atoms with E-state index in [4.69, 9.17) is 0 Å². The second-order valence-electron chi connectivity index (χ2n) is 4.82. The van der Waals surface area contributed by atoms with Gasteiger partial charge in [0.05, 0.1) is 6.20 Å². The third-order valence-corrected chi connectivity index (χ3v) is 3.16. The van der Waals surface area contributed by atoms with E-state index in [-0.39, 0.29) is 30.8 Å². The lowest BCUT2D eigenvalue weighted by Crippen LogP contribution is -2.44. The van der Waals surface area contributed by atoms with Gasteiger partial charge < -0.3 is 10.2 Å². The molecule has 0 aliphatic carbocycles. The minimum Gasteiger partial charge on any atom is -0.345 e. The van der Waals surface area contributed by atoms with Crippen molar-refractivity contribution < 1.29 is 14.0 Å². The number of amides is 2. The molecule has 0 spiro atoms. The summed E-state index contributed by atoms with van der Waals surface area (Å²) < 4.78 is 13.1. The van der Waals surface area contributed by atoms with Gasteiger partial charge in [0.2, 0.25) is 11.8 Å². The van der Waals surface area contributed by atoms with Crippen LogP contribution in [0, 0.1) is 5.82 Å². The Kier molecular flexibility index (Phi) is 3.78. The second kappa shape index (κ2) is 5.34. The zero-order valence-corrected chi connectivity index (χ0v) is 10.9. The van der Waals surface area contributed by atoms with Gasteiger partial charge in [0.25, 0.3) is 0 Å². The maximum atomic E-state index is 13.1. The van der Waals surface area contributed by atoms with Gasteiger partial charge in [-0.3, -0.25) is 14.6 Å². The first-order chi connectivity index (χ1) is 8.97. The first-order valence-corrected chi connectivity index (χ1v) is 6.16. The van der Waals surface area contributed by atoms with Crippen molar-refractivity contribution >= 4 is 11.8 Å². The summed E-state index contributed by atoms with van der Waals surface area (Å²) in [7, 11) is 0. The first kappa shape index (κ1) is 13.5. The molecule has 1 aromatic rings. The Morgan fingerprint density at radius 1 is 1.42 bits per heavy atom. The molecule has 2 unspecified atom stereocenters. The van der Waals surface area contributed by atoms with E-state index in [2.05, 4.69) is 10.3 Å². The normalized spacial score (nSPS) is 24.1. The highest BCUT2D eigenvalue weighted by Crippen LogP contribution is 2.15. The zero-order valence-electron chi connectivity index (χ0n) is 10.9. The molecule has 0 saturated carbocycles. The largest absolute Gasteiger partial charge is 0.345 e. The predicted octanol–water partition coefficient (Wildman–Crippen LogP) is 0.846. The van der Waals surface area contributed by atoms with Crippen molar-refractivity contribution in [2.75, 3.05) is 0 Å². The summed E-state index contributed by atoms with van der Waals surface area (Å²) in [4.78, 5) is 29.1. The fraction of sp³-hybridized carbons (Fsp3) is 0.462. The fourth-order valence-electron chi connectivity index (χ4n) is 2.18. The number of rotatable bonds is 2. The van der Waals surface area contributed by atoms with Gasteiger partial charge in [0.15, 0.2) is 0 Å². The Hall–Kier alpha value is -1.98. The average molecular weight is 265 g/mol. The van der Waals surface area contributed by atoms with E-state index in [9.17, 15) is 14.0 Å². The van der Waals surface area contributed by atoms with E-state index < -0.39 is 11.9 Å². The van der Waals surface area contributed by atoms with Crippen LogP contribution >= 0.6 is 0 Å². The molecule has 2 atom stereocenters. The quantitative estimate of drug-likeness (QED) is 0.862. The Morgan fingerprint density at radius 3 is 2.84 bits per heavy atom. The lowest BCUT2D eigenvalue weighted by Gasteiger charge is -2.27. The van der Waals surface area contributed by atoms with E-state index >= 15 is 0 Å². The van der Waals surface area contributed by atoms with E-state index in [1.807, 2.05) is 6.92 Å². The topological polar surface area (TPSA) is 62.3 Å². The second-order valence-corrected chi connectivity index (χ2v) is 4.82. The van der Waals surface area contributed by atoms with Gasteiger partial charge in [-0.1, -0.05) is 0 Å². The number of aromatic nitrogens is 1. The molecule has 102 valence electrons. The smallest absolute Gasteiger partial charge is 0.245 e. The number of halogens is 1. The molecule has 1 saturated heterocycles. The van der Waals surface area contributed by atoms with Gasteiger partial charge in [0.1, 0.15) is 11.9 Å². The van der Waals surface area contributed by atoms with Crippen molar-refractivity contribution in [3.8, 4) is 0 Å². The molecule has 2 amide bonds. The van der Waals surface area contributed by atoms with E-state index in [0.29, 0.717) is 5.56 Å². The highest BCUT2D eigenvalue weighted by atomic mass is 19.1. The molecule has 5 nitrogen and oxygen atoms in total. The van der Waals surface area contributed by atoms with E-state index in [0.717, 1.165) is 6.20 Å². The highest BCUT2D eigenvalue weighted by Gasteiger charge is 2.31. The molecular formula is C13H16FN3O2. The molecule has 1 aromatic heterocycles. The van der Waals surface area contributed by atoms with Crippen molar-refractivity contribution in [3.05, 3.63) is 29.8 Å². The van der Waals surface area contributed by atoms with Crippen LogP contribution in [0.2, 0.25) is 0 Å². The van der Waals surface area contributed by atoms with Crippen molar-refractivity contribution in [1.82, 2.24) is 15.2 Å². The van der Waals surface area contributed by atoms with Gasteiger partial charge in [-0.25, -0.2) is 4.39 Å². The number of nitrogens with one attached hydrogen (secondary N) is 1. The Bertz CT molecular complexity index is 506. The average Bonchev–Trinajstić information content (AvgIpc) is 2.41. The van der Waals surface area contributed by atoms with Crippen molar-refractivity contribution in [1.29, 1.82) is 0 Å². The SMILES string of the molecule is CC1NC(=O)CC(C)N(Cc2cncc(F)c2)C1=O. The van der Waals surface area contributed by atoms with Crippen LogP contribution in [0.5, 0.6) is 0 Å². The van der Waals surface area contributed by atoms with Gasteiger partial charge in [-0.05, 0) is 25.5 Å². The molecule has 1 fully saturated rings. The van der Waals surface area contributed by atoms with Crippen molar-refractivity contribution in [3.63, 3.8) is 0 Å². The molecule has 6 heteroatoms. The third-order valence-electron chi connectivity index (χ3n) is 3.16. The van der Waals surface area contributed by atoms with E-state index in [1.54, 1.807) is 11.8 Å². The van der Waals surface area contributed by atoms with Crippen LogP contribution in [0.1, 0.15) is 25.8 Å². The summed E-state index contributed by atoms with van der Waals surface area (Å²) in [5, 5.41) is 2.63. The number of hydrogen-bond donors (Lipinski definition) is 1. The maximum absolute atomic E-state index is 13.1. The summed E-state index contributed by atoms with van der Waals surface area (Å²) in [6.07, 6.45) is 2.89. The summed E-state index contributed by atoms with van der Waals surface area (Å²) in [5.74, 6) is -0.745. The number of pyridine rings is 1. The lowest BCUT2D eigenvalue weighted by atomic mass is 10.1. The van der Waals surface area contributed by atoms with Crippen LogP contribution in [0.3, 0.4) is 0 Å². The molecule has 0 aromatic carbocycles. The Labute approximate surface area is 110 Å². The number of nitrogens with zero attached hydrogens (tertiary/aromatic N) is 2. The number of carbonyl (C=O) groups excluding carboxylic acids is 2.